The van der Waals surface area contributed by atoms with Crippen molar-refractivity contribution < 1.29 is 0 Å². The fourth-order valence-electron chi connectivity index (χ4n) is 0.618. The molecular weight excluding hydrogens is 144 g/mol. The lowest BCUT2D eigenvalue weighted by Crippen LogP contribution is -1.91. The summed E-state index contributed by atoms with van der Waals surface area (Å²) < 4.78 is 0. The summed E-state index contributed by atoms with van der Waals surface area (Å²) in [7, 11) is 0. The van der Waals surface area contributed by atoms with E-state index in [1.807, 2.05) is 13.8 Å². The fourth-order valence-corrected chi connectivity index (χ4v) is 0.752. The van der Waals surface area contributed by atoms with Crippen molar-refractivity contribution in [3.8, 4) is 0 Å². The lowest BCUT2D eigenvalue weighted by molar-refractivity contribution is 0.981. The summed E-state index contributed by atoms with van der Waals surface area (Å²) in [6.45, 7) is 3.87. The van der Waals surface area contributed by atoms with E-state index in [0.29, 0.717) is 0 Å². The van der Waals surface area contributed by atoms with Crippen LogP contribution in [0.5, 0.6) is 0 Å². The molecule has 0 aliphatic rings. The molecule has 2 nitrogen and oxygen atoms in total. The van der Waals surface area contributed by atoms with Crippen molar-refractivity contribution in [1.82, 2.24) is 9.97 Å². The van der Waals surface area contributed by atoms with E-state index < -0.39 is 0 Å². The minimum absolute atomic E-state index is 0.223. The monoisotopic (exact) mass is 154 g/mol. The Labute approximate surface area is 66.1 Å². The zero-order chi connectivity index (χ0) is 7.56. The molecule has 10 heavy (non-hydrogen) atoms. The lowest BCUT2D eigenvalue weighted by atomic mass is 10.3. The number of nitrogens with zero attached hydrogens (tertiary/aromatic N) is 2. The maximum atomic E-state index is 4.24. The van der Waals surface area contributed by atoms with Crippen LogP contribution in [0.25, 0.3) is 0 Å². The van der Waals surface area contributed by atoms with Crippen molar-refractivity contribution in [3.63, 3.8) is 0 Å². The van der Waals surface area contributed by atoms with Gasteiger partial charge in [-0.1, -0.05) is 0 Å². The van der Waals surface area contributed by atoms with Gasteiger partial charge in [0.05, 0.1) is 0 Å². The Hall–Kier alpha value is -0.570. The fraction of sp³-hybridized carbons (Fsp3) is 0.429. The molecule has 1 rings (SSSR count). The third kappa shape index (κ3) is 1.70. The Kier molecular flexibility index (Phi) is 2.27. The molecule has 0 amide bonds. The zero-order valence-electron chi connectivity index (χ0n) is 6.07. The highest BCUT2D eigenvalue weighted by Gasteiger charge is 1.98. The van der Waals surface area contributed by atoms with E-state index in [-0.39, 0.29) is 5.25 Å². The van der Waals surface area contributed by atoms with Gasteiger partial charge in [0.2, 0.25) is 0 Å². The molecule has 0 saturated carbocycles. The van der Waals surface area contributed by atoms with E-state index in [0.717, 1.165) is 11.4 Å². The van der Waals surface area contributed by atoms with Gasteiger partial charge in [0.25, 0.3) is 0 Å². The minimum Gasteiger partial charge on any atom is -0.241 e. The SMILES string of the molecule is Cc1ncc(C(C)S)cn1. The van der Waals surface area contributed by atoms with E-state index in [2.05, 4.69) is 22.6 Å². The molecule has 0 spiro atoms. The van der Waals surface area contributed by atoms with Gasteiger partial charge in [-0.2, -0.15) is 12.6 Å². The summed E-state index contributed by atoms with van der Waals surface area (Å²) in [4.78, 5) is 8.08. The maximum absolute atomic E-state index is 4.24. The average molecular weight is 154 g/mol. The zero-order valence-corrected chi connectivity index (χ0v) is 6.97. The second-order valence-electron chi connectivity index (χ2n) is 2.24. The molecule has 0 radical (unpaired) electrons. The van der Waals surface area contributed by atoms with E-state index in [1.165, 1.54) is 0 Å². The Morgan fingerprint density at radius 2 is 1.90 bits per heavy atom. The number of hydrogen-bond donors (Lipinski definition) is 1. The molecule has 0 aliphatic heterocycles. The number of thiol groups is 1. The standard InChI is InChI=1S/C7H10N2S/c1-5(10)7-3-8-6(2)9-4-7/h3-5,10H,1-2H3. The van der Waals surface area contributed by atoms with Gasteiger partial charge in [0, 0.05) is 23.2 Å². The van der Waals surface area contributed by atoms with Crippen LogP contribution in [0.3, 0.4) is 0 Å². The normalized spacial score (nSPS) is 13.1. The van der Waals surface area contributed by atoms with Crippen molar-refractivity contribution in [1.29, 1.82) is 0 Å². The molecule has 1 unspecified atom stereocenters. The molecule has 3 heteroatoms. The van der Waals surface area contributed by atoms with Crippen molar-refractivity contribution in [2.75, 3.05) is 0 Å². The van der Waals surface area contributed by atoms with Crippen molar-refractivity contribution in [2.45, 2.75) is 19.1 Å². The first kappa shape index (κ1) is 7.54. The van der Waals surface area contributed by atoms with Crippen LogP contribution in [0.2, 0.25) is 0 Å². The van der Waals surface area contributed by atoms with Crippen LogP contribution in [-0.2, 0) is 0 Å². The van der Waals surface area contributed by atoms with Crippen molar-refractivity contribution >= 4 is 12.6 Å². The molecule has 0 aromatic carbocycles. The van der Waals surface area contributed by atoms with Crippen molar-refractivity contribution in [2.24, 2.45) is 0 Å². The number of aryl methyl sites for hydroxylation is 1. The minimum atomic E-state index is 0.223. The molecule has 54 valence electrons. The summed E-state index contributed by atoms with van der Waals surface area (Å²) >= 11 is 4.24. The van der Waals surface area contributed by atoms with Gasteiger partial charge in [-0.25, -0.2) is 9.97 Å². The predicted octanol–water partition coefficient (Wildman–Crippen LogP) is 1.78. The van der Waals surface area contributed by atoms with Crippen LogP contribution in [0.15, 0.2) is 12.4 Å². The van der Waals surface area contributed by atoms with Gasteiger partial charge in [0.1, 0.15) is 5.82 Å². The molecule has 1 aromatic heterocycles. The summed E-state index contributed by atoms with van der Waals surface area (Å²) in [5.74, 6) is 0.803. The van der Waals surface area contributed by atoms with Crippen LogP contribution < -0.4 is 0 Å². The molecule has 0 saturated heterocycles. The molecule has 0 N–H and O–H groups in total. The summed E-state index contributed by atoms with van der Waals surface area (Å²) in [6, 6.07) is 0. The van der Waals surface area contributed by atoms with Crippen LogP contribution in [-0.4, -0.2) is 9.97 Å². The Balaban J connectivity index is 2.89. The molecule has 0 aliphatic carbocycles. The third-order valence-electron chi connectivity index (χ3n) is 1.28. The Bertz CT molecular complexity index is 205. The second-order valence-corrected chi connectivity index (χ2v) is 3.01. The number of hydrogen-bond acceptors (Lipinski definition) is 3. The first-order chi connectivity index (χ1) is 4.70. The summed E-state index contributed by atoms with van der Waals surface area (Å²) in [5.41, 5.74) is 1.06. The summed E-state index contributed by atoms with van der Waals surface area (Å²) in [6.07, 6.45) is 3.61. The Morgan fingerprint density at radius 3 is 2.30 bits per heavy atom. The average Bonchev–Trinajstić information content (AvgIpc) is 1.88. The smallest absolute Gasteiger partial charge is 0.125 e. The molecule has 1 heterocycles. The van der Waals surface area contributed by atoms with Gasteiger partial charge < -0.3 is 0 Å². The first-order valence-corrected chi connectivity index (χ1v) is 3.68. The molecule has 0 fully saturated rings. The van der Waals surface area contributed by atoms with E-state index in [4.69, 9.17) is 0 Å². The lowest BCUT2D eigenvalue weighted by Gasteiger charge is -2.01. The highest BCUT2D eigenvalue weighted by molar-refractivity contribution is 7.80. The second kappa shape index (κ2) is 3.01. The maximum Gasteiger partial charge on any atom is 0.125 e. The van der Waals surface area contributed by atoms with Gasteiger partial charge >= 0.3 is 0 Å². The topological polar surface area (TPSA) is 25.8 Å². The van der Waals surface area contributed by atoms with Crippen LogP contribution in [0.1, 0.15) is 23.6 Å². The van der Waals surface area contributed by atoms with E-state index >= 15 is 0 Å². The number of rotatable bonds is 1. The highest BCUT2D eigenvalue weighted by Crippen LogP contribution is 2.15. The molecule has 1 atom stereocenters. The molecular formula is C7H10N2S. The van der Waals surface area contributed by atoms with Gasteiger partial charge in [0.15, 0.2) is 0 Å². The highest BCUT2D eigenvalue weighted by atomic mass is 32.1. The van der Waals surface area contributed by atoms with Gasteiger partial charge in [-0.3, -0.25) is 0 Å². The molecule has 1 aromatic rings. The first-order valence-electron chi connectivity index (χ1n) is 3.17. The Morgan fingerprint density at radius 1 is 1.40 bits per heavy atom. The largest absolute Gasteiger partial charge is 0.241 e. The van der Waals surface area contributed by atoms with Crippen LogP contribution >= 0.6 is 12.6 Å². The van der Waals surface area contributed by atoms with E-state index in [9.17, 15) is 0 Å². The van der Waals surface area contributed by atoms with Crippen LogP contribution in [0.4, 0.5) is 0 Å². The summed E-state index contributed by atoms with van der Waals surface area (Å²) in [5, 5.41) is 0.223. The van der Waals surface area contributed by atoms with Crippen LogP contribution in [0, 0.1) is 6.92 Å². The van der Waals surface area contributed by atoms with Crippen molar-refractivity contribution in [3.05, 3.63) is 23.8 Å². The van der Waals surface area contributed by atoms with Gasteiger partial charge in [-0.15, -0.1) is 0 Å². The van der Waals surface area contributed by atoms with Gasteiger partial charge in [-0.05, 0) is 13.8 Å². The predicted molar refractivity (Wildman–Crippen MR) is 44.2 cm³/mol. The number of aromatic nitrogens is 2. The van der Waals surface area contributed by atoms with E-state index in [1.54, 1.807) is 12.4 Å². The molecule has 0 bridgehead atoms. The third-order valence-corrected chi connectivity index (χ3v) is 1.58. The quantitative estimate of drug-likeness (QED) is 0.624.